The molecule has 0 saturated carbocycles. The summed E-state index contributed by atoms with van der Waals surface area (Å²) in [5.74, 6) is 0.865. The first-order chi connectivity index (χ1) is 7.25. The first-order valence-corrected chi connectivity index (χ1v) is 4.86. The molecule has 0 saturated heterocycles. The summed E-state index contributed by atoms with van der Waals surface area (Å²) in [7, 11) is 0. The minimum atomic E-state index is 0.247. The summed E-state index contributed by atoms with van der Waals surface area (Å²) in [6, 6.07) is 4.24. The van der Waals surface area contributed by atoms with Gasteiger partial charge in [-0.05, 0) is 31.0 Å². The van der Waals surface area contributed by atoms with Gasteiger partial charge in [0.25, 0.3) is 6.01 Å². The molecule has 0 radical (unpaired) electrons. The molecule has 0 aliphatic carbocycles. The number of hydrogen-bond acceptors (Lipinski definition) is 4. The van der Waals surface area contributed by atoms with Gasteiger partial charge in [-0.25, -0.2) is 0 Å². The van der Waals surface area contributed by atoms with E-state index in [2.05, 4.69) is 9.97 Å². The van der Waals surface area contributed by atoms with E-state index in [9.17, 15) is 0 Å². The van der Waals surface area contributed by atoms with E-state index in [0.717, 1.165) is 24.3 Å². The van der Waals surface area contributed by atoms with Gasteiger partial charge in [-0.15, -0.1) is 0 Å². The van der Waals surface area contributed by atoms with Crippen molar-refractivity contribution in [1.82, 2.24) is 9.97 Å². The van der Waals surface area contributed by atoms with Gasteiger partial charge in [-0.2, -0.15) is 4.98 Å². The summed E-state index contributed by atoms with van der Waals surface area (Å²) in [4.78, 5) is 7.99. The molecule has 0 fully saturated rings. The lowest BCUT2D eigenvalue weighted by molar-refractivity contribution is 0.519. The minimum Gasteiger partial charge on any atom is -0.429 e. The van der Waals surface area contributed by atoms with E-state index in [4.69, 9.17) is 10.2 Å². The SMILES string of the molecule is Cc1nc(N)oc1CCc1ccncc1. The zero-order valence-corrected chi connectivity index (χ0v) is 8.60. The van der Waals surface area contributed by atoms with Crippen LogP contribution in [0.25, 0.3) is 0 Å². The van der Waals surface area contributed by atoms with Crippen LogP contribution < -0.4 is 5.73 Å². The van der Waals surface area contributed by atoms with E-state index < -0.39 is 0 Å². The lowest BCUT2D eigenvalue weighted by Gasteiger charge is -1.98. The molecule has 78 valence electrons. The van der Waals surface area contributed by atoms with E-state index >= 15 is 0 Å². The van der Waals surface area contributed by atoms with Crippen LogP contribution in [-0.2, 0) is 12.8 Å². The molecule has 2 rings (SSSR count). The van der Waals surface area contributed by atoms with Crippen molar-refractivity contribution in [3.05, 3.63) is 41.5 Å². The molecule has 2 heterocycles. The number of nitrogens with zero attached hydrogens (tertiary/aromatic N) is 2. The Balaban J connectivity index is 2.02. The van der Waals surface area contributed by atoms with Crippen molar-refractivity contribution in [2.24, 2.45) is 0 Å². The summed E-state index contributed by atoms with van der Waals surface area (Å²) in [5, 5.41) is 0. The molecular weight excluding hydrogens is 190 g/mol. The predicted octanol–water partition coefficient (Wildman–Crippen LogP) is 1.75. The summed E-state index contributed by atoms with van der Waals surface area (Å²) >= 11 is 0. The van der Waals surface area contributed by atoms with Crippen molar-refractivity contribution in [2.75, 3.05) is 5.73 Å². The Kier molecular flexibility index (Phi) is 2.67. The number of rotatable bonds is 3. The summed E-state index contributed by atoms with van der Waals surface area (Å²) < 4.78 is 5.29. The quantitative estimate of drug-likeness (QED) is 0.825. The average molecular weight is 203 g/mol. The number of anilines is 1. The van der Waals surface area contributed by atoms with E-state index in [0.29, 0.717) is 0 Å². The Labute approximate surface area is 88.2 Å². The van der Waals surface area contributed by atoms with Gasteiger partial charge >= 0.3 is 0 Å². The number of pyridine rings is 1. The Bertz CT molecular complexity index is 436. The van der Waals surface area contributed by atoms with Crippen LogP contribution in [0.5, 0.6) is 0 Å². The zero-order chi connectivity index (χ0) is 10.7. The predicted molar refractivity (Wildman–Crippen MR) is 57.3 cm³/mol. The van der Waals surface area contributed by atoms with Gasteiger partial charge in [0.05, 0.1) is 5.69 Å². The number of aromatic nitrogens is 2. The smallest absolute Gasteiger partial charge is 0.292 e. The second-order valence-electron chi connectivity index (χ2n) is 3.42. The van der Waals surface area contributed by atoms with Gasteiger partial charge < -0.3 is 10.2 Å². The highest BCUT2D eigenvalue weighted by atomic mass is 16.4. The molecule has 0 aliphatic heterocycles. The van der Waals surface area contributed by atoms with E-state index in [1.807, 2.05) is 19.1 Å². The molecule has 2 N–H and O–H groups in total. The highest BCUT2D eigenvalue weighted by molar-refractivity contribution is 5.20. The van der Waals surface area contributed by atoms with Gasteiger partial charge in [0.1, 0.15) is 5.76 Å². The third-order valence-corrected chi connectivity index (χ3v) is 2.30. The van der Waals surface area contributed by atoms with Crippen molar-refractivity contribution >= 4 is 6.01 Å². The monoisotopic (exact) mass is 203 g/mol. The van der Waals surface area contributed by atoms with Crippen LogP contribution >= 0.6 is 0 Å². The molecule has 0 aliphatic rings. The van der Waals surface area contributed by atoms with Crippen LogP contribution in [0.1, 0.15) is 17.0 Å². The molecular formula is C11H13N3O. The minimum absolute atomic E-state index is 0.247. The van der Waals surface area contributed by atoms with Crippen molar-refractivity contribution in [3.63, 3.8) is 0 Å². The summed E-state index contributed by atoms with van der Waals surface area (Å²) in [5.41, 5.74) is 7.57. The Hall–Kier alpha value is -1.84. The number of oxazole rings is 1. The standard InChI is InChI=1S/C11H13N3O/c1-8-10(15-11(12)14-8)3-2-9-4-6-13-7-5-9/h4-7H,2-3H2,1H3,(H2,12,14). The fourth-order valence-corrected chi connectivity index (χ4v) is 1.49. The molecule has 0 amide bonds. The highest BCUT2D eigenvalue weighted by Gasteiger charge is 2.06. The van der Waals surface area contributed by atoms with Gasteiger partial charge in [0.15, 0.2) is 0 Å². The summed E-state index contributed by atoms with van der Waals surface area (Å²) in [6.45, 7) is 1.90. The van der Waals surface area contributed by atoms with Crippen molar-refractivity contribution < 1.29 is 4.42 Å². The lowest BCUT2D eigenvalue weighted by atomic mass is 10.1. The van der Waals surface area contributed by atoms with Crippen LogP contribution in [0.4, 0.5) is 6.01 Å². The van der Waals surface area contributed by atoms with E-state index in [1.165, 1.54) is 5.56 Å². The van der Waals surface area contributed by atoms with Crippen molar-refractivity contribution in [3.8, 4) is 0 Å². The molecule has 2 aromatic rings. The Morgan fingerprint density at radius 2 is 2.00 bits per heavy atom. The maximum Gasteiger partial charge on any atom is 0.292 e. The normalized spacial score (nSPS) is 10.5. The van der Waals surface area contributed by atoms with E-state index in [1.54, 1.807) is 12.4 Å². The molecule has 4 nitrogen and oxygen atoms in total. The molecule has 0 aromatic carbocycles. The molecule has 0 bridgehead atoms. The molecule has 0 unspecified atom stereocenters. The average Bonchev–Trinajstić information content (AvgIpc) is 2.56. The van der Waals surface area contributed by atoms with Gasteiger partial charge in [0.2, 0.25) is 0 Å². The summed E-state index contributed by atoms with van der Waals surface area (Å²) in [6.07, 6.45) is 5.31. The van der Waals surface area contributed by atoms with Crippen LogP contribution in [0.15, 0.2) is 28.9 Å². The van der Waals surface area contributed by atoms with E-state index in [-0.39, 0.29) is 6.01 Å². The Morgan fingerprint density at radius 1 is 1.27 bits per heavy atom. The molecule has 15 heavy (non-hydrogen) atoms. The molecule has 4 heteroatoms. The maximum atomic E-state index is 5.46. The van der Waals surface area contributed by atoms with Crippen LogP contribution in [-0.4, -0.2) is 9.97 Å². The van der Waals surface area contributed by atoms with Gasteiger partial charge in [0, 0.05) is 18.8 Å². The fourth-order valence-electron chi connectivity index (χ4n) is 1.49. The highest BCUT2D eigenvalue weighted by Crippen LogP contribution is 2.14. The largest absolute Gasteiger partial charge is 0.429 e. The van der Waals surface area contributed by atoms with Crippen LogP contribution in [0, 0.1) is 6.92 Å². The van der Waals surface area contributed by atoms with Gasteiger partial charge in [-0.3, -0.25) is 4.98 Å². The fraction of sp³-hybridized carbons (Fsp3) is 0.273. The second-order valence-corrected chi connectivity index (χ2v) is 3.42. The van der Waals surface area contributed by atoms with Crippen LogP contribution in [0.2, 0.25) is 0 Å². The van der Waals surface area contributed by atoms with Crippen molar-refractivity contribution in [2.45, 2.75) is 19.8 Å². The van der Waals surface area contributed by atoms with Crippen LogP contribution in [0.3, 0.4) is 0 Å². The zero-order valence-electron chi connectivity index (χ0n) is 8.60. The number of nitrogens with two attached hydrogens (primary N) is 1. The Morgan fingerprint density at radius 3 is 2.60 bits per heavy atom. The number of aryl methyl sites for hydroxylation is 3. The first kappa shape index (κ1) is 9.71. The maximum absolute atomic E-state index is 5.46. The third-order valence-electron chi connectivity index (χ3n) is 2.30. The number of hydrogen-bond donors (Lipinski definition) is 1. The van der Waals surface area contributed by atoms with Gasteiger partial charge in [-0.1, -0.05) is 0 Å². The molecule has 0 spiro atoms. The molecule has 0 atom stereocenters. The topological polar surface area (TPSA) is 64.9 Å². The third kappa shape index (κ3) is 2.34. The molecule has 2 aromatic heterocycles. The second kappa shape index (κ2) is 4.13. The number of nitrogen functional groups attached to an aromatic ring is 1. The van der Waals surface area contributed by atoms with Crippen molar-refractivity contribution in [1.29, 1.82) is 0 Å². The lowest BCUT2D eigenvalue weighted by Crippen LogP contribution is -1.91. The first-order valence-electron chi connectivity index (χ1n) is 4.86.